The molecule has 0 saturated carbocycles. The minimum Gasteiger partial charge on any atom is -0.390 e. The number of hydrogen-bond donors (Lipinski definition) is 1. The molecule has 0 amide bonds. The first-order valence-electron chi connectivity index (χ1n) is 4.64. The van der Waals surface area contributed by atoms with Gasteiger partial charge >= 0.3 is 12.0 Å². The van der Waals surface area contributed by atoms with Gasteiger partial charge in [0.15, 0.2) is 0 Å². The summed E-state index contributed by atoms with van der Waals surface area (Å²) >= 11 is 0. The maximum Gasteiger partial charge on any atom is 0.319 e. The third-order valence-corrected chi connectivity index (χ3v) is 2.12. The second-order valence-electron chi connectivity index (χ2n) is 3.59. The van der Waals surface area contributed by atoms with Gasteiger partial charge in [0.25, 0.3) is 0 Å². The maximum absolute atomic E-state index is 5.58. The summed E-state index contributed by atoms with van der Waals surface area (Å²) in [4.78, 5) is 1.99. The number of morpholine rings is 1. The van der Waals surface area contributed by atoms with Gasteiger partial charge in [0, 0.05) is 13.1 Å². The lowest BCUT2D eigenvalue weighted by atomic mass is 10.2. The van der Waals surface area contributed by atoms with Crippen LogP contribution in [-0.4, -0.2) is 35.5 Å². The third kappa shape index (κ3) is 1.79. The van der Waals surface area contributed by atoms with Crippen molar-refractivity contribution in [3.05, 3.63) is 0 Å². The molecule has 2 N–H and O–H groups in total. The Kier molecular flexibility index (Phi) is 2.28. The van der Waals surface area contributed by atoms with E-state index in [-0.39, 0.29) is 18.2 Å². The van der Waals surface area contributed by atoms with Gasteiger partial charge in [0.1, 0.15) is 0 Å². The number of ether oxygens (including phenoxy) is 1. The first-order chi connectivity index (χ1) is 6.65. The average molecular weight is 198 g/mol. The first-order valence-corrected chi connectivity index (χ1v) is 4.64. The van der Waals surface area contributed by atoms with Crippen LogP contribution < -0.4 is 10.6 Å². The molecule has 1 fully saturated rings. The summed E-state index contributed by atoms with van der Waals surface area (Å²) in [6.07, 6.45) is 0.346. The van der Waals surface area contributed by atoms with Crippen molar-refractivity contribution in [2.75, 3.05) is 23.7 Å². The van der Waals surface area contributed by atoms with Gasteiger partial charge in [-0.15, -0.1) is 0 Å². The van der Waals surface area contributed by atoms with E-state index in [1.807, 2.05) is 18.7 Å². The van der Waals surface area contributed by atoms with E-state index in [0.29, 0.717) is 6.01 Å². The molecule has 0 aliphatic carbocycles. The van der Waals surface area contributed by atoms with Crippen LogP contribution in [0.2, 0.25) is 0 Å². The molecule has 6 nitrogen and oxygen atoms in total. The van der Waals surface area contributed by atoms with Crippen LogP contribution in [0.5, 0.6) is 0 Å². The second kappa shape index (κ2) is 3.45. The van der Waals surface area contributed by atoms with E-state index in [1.54, 1.807) is 0 Å². The largest absolute Gasteiger partial charge is 0.390 e. The predicted octanol–water partition coefficient (Wildman–Crippen LogP) is 0.265. The zero-order valence-corrected chi connectivity index (χ0v) is 8.30. The molecule has 0 spiro atoms. The number of nitrogen functional groups attached to an aromatic ring is 1. The third-order valence-electron chi connectivity index (χ3n) is 2.12. The molecule has 2 heterocycles. The van der Waals surface area contributed by atoms with Gasteiger partial charge in [-0.3, -0.25) is 0 Å². The van der Waals surface area contributed by atoms with Crippen molar-refractivity contribution in [1.82, 2.24) is 10.2 Å². The van der Waals surface area contributed by atoms with E-state index >= 15 is 0 Å². The highest BCUT2D eigenvalue weighted by molar-refractivity contribution is 5.28. The fourth-order valence-corrected chi connectivity index (χ4v) is 1.69. The number of anilines is 2. The van der Waals surface area contributed by atoms with Crippen molar-refractivity contribution in [3.8, 4) is 0 Å². The fourth-order valence-electron chi connectivity index (χ4n) is 1.69. The molecular formula is C8H14N4O2. The number of rotatable bonds is 1. The molecule has 1 aliphatic rings. The van der Waals surface area contributed by atoms with E-state index in [0.717, 1.165) is 13.1 Å². The van der Waals surface area contributed by atoms with Crippen LogP contribution in [0.15, 0.2) is 4.42 Å². The van der Waals surface area contributed by atoms with Gasteiger partial charge in [0.2, 0.25) is 0 Å². The number of aromatic nitrogens is 2. The van der Waals surface area contributed by atoms with Gasteiger partial charge in [-0.05, 0) is 13.8 Å². The Morgan fingerprint density at radius 2 is 1.93 bits per heavy atom. The van der Waals surface area contributed by atoms with E-state index < -0.39 is 0 Å². The lowest BCUT2D eigenvalue weighted by Gasteiger charge is -2.33. The Labute approximate surface area is 82.0 Å². The molecule has 1 aliphatic heterocycles. The van der Waals surface area contributed by atoms with Crippen molar-refractivity contribution < 1.29 is 9.15 Å². The predicted molar refractivity (Wildman–Crippen MR) is 50.9 cm³/mol. The summed E-state index contributed by atoms with van der Waals surface area (Å²) in [5.41, 5.74) is 5.36. The molecule has 2 unspecified atom stereocenters. The highest BCUT2D eigenvalue weighted by atomic mass is 16.5. The highest BCUT2D eigenvalue weighted by Crippen LogP contribution is 2.19. The van der Waals surface area contributed by atoms with Gasteiger partial charge in [-0.1, -0.05) is 10.2 Å². The fraction of sp³-hybridized carbons (Fsp3) is 0.750. The molecule has 6 heteroatoms. The molecule has 0 radical (unpaired) electrons. The van der Waals surface area contributed by atoms with Crippen LogP contribution >= 0.6 is 0 Å². The van der Waals surface area contributed by atoms with Crippen molar-refractivity contribution in [1.29, 1.82) is 0 Å². The summed E-state index contributed by atoms with van der Waals surface area (Å²) in [6.45, 7) is 5.54. The molecule has 0 aromatic carbocycles. The Bertz CT molecular complexity index is 304. The van der Waals surface area contributed by atoms with Crippen LogP contribution in [-0.2, 0) is 4.74 Å². The van der Waals surface area contributed by atoms with Crippen molar-refractivity contribution in [2.24, 2.45) is 0 Å². The van der Waals surface area contributed by atoms with Crippen molar-refractivity contribution >= 4 is 12.0 Å². The number of hydrogen-bond acceptors (Lipinski definition) is 6. The zero-order chi connectivity index (χ0) is 10.1. The Balaban J connectivity index is 2.10. The lowest BCUT2D eigenvalue weighted by molar-refractivity contribution is -0.00667. The summed E-state index contributed by atoms with van der Waals surface area (Å²) < 4.78 is 10.7. The minimum absolute atomic E-state index is 0.104. The molecule has 1 aromatic heterocycles. The average Bonchev–Trinajstić information content (AvgIpc) is 2.50. The standard InChI is InChI=1S/C8H14N4O2/c1-5-3-12(4-6(2)13-5)8-11-10-7(9)14-8/h5-6H,3-4H2,1-2H3,(H2,9,10). The smallest absolute Gasteiger partial charge is 0.319 e. The topological polar surface area (TPSA) is 77.4 Å². The van der Waals surface area contributed by atoms with E-state index in [2.05, 4.69) is 10.2 Å². The maximum atomic E-state index is 5.58. The van der Waals surface area contributed by atoms with Crippen LogP contribution in [0, 0.1) is 0 Å². The normalized spacial score (nSPS) is 28.0. The van der Waals surface area contributed by atoms with Crippen LogP contribution in [0.4, 0.5) is 12.0 Å². The Morgan fingerprint density at radius 3 is 2.43 bits per heavy atom. The molecule has 1 aromatic rings. The molecule has 78 valence electrons. The van der Waals surface area contributed by atoms with Gasteiger partial charge in [0.05, 0.1) is 12.2 Å². The van der Waals surface area contributed by atoms with Crippen molar-refractivity contribution in [3.63, 3.8) is 0 Å². The molecule has 0 bridgehead atoms. The Hall–Kier alpha value is -1.30. The SMILES string of the molecule is CC1CN(c2nnc(N)o2)CC(C)O1. The minimum atomic E-state index is 0.104. The van der Waals surface area contributed by atoms with Gasteiger partial charge < -0.3 is 19.8 Å². The highest BCUT2D eigenvalue weighted by Gasteiger charge is 2.25. The van der Waals surface area contributed by atoms with Crippen LogP contribution in [0.3, 0.4) is 0 Å². The summed E-state index contributed by atoms with van der Waals surface area (Å²) in [7, 11) is 0. The zero-order valence-electron chi connectivity index (χ0n) is 8.30. The summed E-state index contributed by atoms with van der Waals surface area (Å²) in [5.74, 6) is 0. The first kappa shape index (κ1) is 9.26. The molecule has 2 rings (SSSR count). The lowest BCUT2D eigenvalue weighted by Crippen LogP contribution is -2.45. The summed E-state index contributed by atoms with van der Waals surface area (Å²) in [5, 5.41) is 7.46. The Morgan fingerprint density at radius 1 is 1.29 bits per heavy atom. The van der Waals surface area contributed by atoms with Gasteiger partial charge in [-0.2, -0.15) is 0 Å². The molecule has 2 atom stereocenters. The van der Waals surface area contributed by atoms with Gasteiger partial charge in [-0.25, -0.2) is 0 Å². The monoisotopic (exact) mass is 198 g/mol. The molecular weight excluding hydrogens is 184 g/mol. The molecule has 1 saturated heterocycles. The number of nitrogens with two attached hydrogens (primary N) is 1. The van der Waals surface area contributed by atoms with E-state index in [9.17, 15) is 0 Å². The quantitative estimate of drug-likeness (QED) is 0.697. The molecule has 14 heavy (non-hydrogen) atoms. The number of nitrogens with zero attached hydrogens (tertiary/aromatic N) is 3. The van der Waals surface area contributed by atoms with E-state index in [1.165, 1.54) is 0 Å². The van der Waals surface area contributed by atoms with E-state index in [4.69, 9.17) is 14.9 Å². The van der Waals surface area contributed by atoms with Crippen LogP contribution in [0.1, 0.15) is 13.8 Å². The van der Waals surface area contributed by atoms with Crippen LogP contribution in [0.25, 0.3) is 0 Å². The summed E-state index contributed by atoms with van der Waals surface area (Å²) in [6, 6.07) is 0.580. The second-order valence-corrected chi connectivity index (χ2v) is 3.59. The van der Waals surface area contributed by atoms with Crippen molar-refractivity contribution in [2.45, 2.75) is 26.1 Å².